The van der Waals surface area contributed by atoms with Crippen LogP contribution in [0.2, 0.25) is 0 Å². The Labute approximate surface area is 96.5 Å². The normalized spacial score (nSPS) is 24.9. The summed E-state index contributed by atoms with van der Waals surface area (Å²) in [6.45, 7) is 1.35. The molecule has 4 nitrogen and oxygen atoms in total. The topological polar surface area (TPSA) is 39.7 Å². The summed E-state index contributed by atoms with van der Waals surface area (Å²) in [6.07, 6.45) is -2.65. The lowest BCUT2D eigenvalue weighted by Crippen LogP contribution is -2.25. The van der Waals surface area contributed by atoms with Gasteiger partial charge >= 0.3 is 6.29 Å². The van der Waals surface area contributed by atoms with E-state index >= 15 is 0 Å². The number of hydrogen-bond acceptors (Lipinski definition) is 4. The molecule has 1 fully saturated rings. The lowest BCUT2D eigenvalue weighted by Gasteiger charge is -2.12. The molecule has 2 aliphatic heterocycles. The van der Waals surface area contributed by atoms with E-state index in [0.29, 0.717) is 6.61 Å². The molecule has 17 heavy (non-hydrogen) atoms. The van der Waals surface area contributed by atoms with Gasteiger partial charge in [0, 0.05) is 18.4 Å². The Morgan fingerprint density at radius 3 is 2.82 bits per heavy atom. The van der Waals surface area contributed by atoms with Gasteiger partial charge in [-0.25, -0.2) is 0 Å². The Kier molecular flexibility index (Phi) is 2.32. The number of hydrogen-bond donors (Lipinski definition) is 1. The third kappa shape index (κ3) is 2.12. The summed E-state index contributed by atoms with van der Waals surface area (Å²) in [4.78, 5) is 0. The predicted octanol–water partition coefficient (Wildman–Crippen LogP) is 2.21. The number of halogens is 2. The van der Waals surface area contributed by atoms with Crippen LogP contribution < -0.4 is 14.8 Å². The Bertz CT molecular complexity index is 433. The molecule has 1 aromatic rings. The van der Waals surface area contributed by atoms with Crippen molar-refractivity contribution in [3.8, 4) is 11.5 Å². The first kappa shape index (κ1) is 10.6. The fourth-order valence-corrected chi connectivity index (χ4v) is 1.92. The molecular formula is C11H11F2NO3. The summed E-state index contributed by atoms with van der Waals surface area (Å²) in [5.74, 6) is 0.113. The van der Waals surface area contributed by atoms with Crippen LogP contribution in [0.15, 0.2) is 18.2 Å². The average molecular weight is 243 g/mol. The fraction of sp³-hybridized carbons (Fsp3) is 0.455. The first-order valence-electron chi connectivity index (χ1n) is 5.37. The van der Waals surface area contributed by atoms with Crippen LogP contribution in [0.1, 0.15) is 6.42 Å². The van der Waals surface area contributed by atoms with Crippen molar-refractivity contribution in [1.82, 2.24) is 0 Å². The number of fused-ring (bicyclic) bond motifs is 1. The SMILES string of the molecule is FC1(F)Oc2ccc(NC3CCOC3)cc2O1. The van der Waals surface area contributed by atoms with Gasteiger partial charge in [-0.1, -0.05) is 0 Å². The molecule has 0 bridgehead atoms. The van der Waals surface area contributed by atoms with Crippen molar-refractivity contribution in [1.29, 1.82) is 0 Å². The minimum absolute atomic E-state index is 0.0546. The molecule has 2 aliphatic rings. The van der Waals surface area contributed by atoms with Crippen LogP contribution >= 0.6 is 0 Å². The van der Waals surface area contributed by atoms with Crippen LogP contribution in [-0.2, 0) is 4.74 Å². The maximum Gasteiger partial charge on any atom is 0.586 e. The highest BCUT2D eigenvalue weighted by atomic mass is 19.3. The van der Waals surface area contributed by atoms with E-state index in [0.717, 1.165) is 18.7 Å². The number of alkyl halides is 2. The second-order valence-electron chi connectivity index (χ2n) is 4.03. The van der Waals surface area contributed by atoms with Gasteiger partial charge in [0.25, 0.3) is 0 Å². The molecule has 0 amide bonds. The van der Waals surface area contributed by atoms with E-state index in [1.54, 1.807) is 6.07 Å². The van der Waals surface area contributed by atoms with E-state index in [2.05, 4.69) is 14.8 Å². The van der Waals surface area contributed by atoms with Gasteiger partial charge in [-0.15, -0.1) is 8.78 Å². The zero-order chi connectivity index (χ0) is 11.9. The largest absolute Gasteiger partial charge is 0.586 e. The molecule has 0 radical (unpaired) electrons. The molecule has 0 aromatic heterocycles. The Morgan fingerprint density at radius 2 is 2.06 bits per heavy atom. The third-order valence-electron chi connectivity index (χ3n) is 2.70. The quantitative estimate of drug-likeness (QED) is 0.864. The molecule has 0 aliphatic carbocycles. The van der Waals surface area contributed by atoms with Crippen molar-refractivity contribution in [2.75, 3.05) is 18.5 Å². The molecule has 6 heteroatoms. The van der Waals surface area contributed by atoms with Gasteiger partial charge in [0.2, 0.25) is 0 Å². The summed E-state index contributed by atoms with van der Waals surface area (Å²) < 4.78 is 39.5. The highest BCUT2D eigenvalue weighted by Crippen LogP contribution is 2.42. The van der Waals surface area contributed by atoms with Gasteiger partial charge in [0.1, 0.15) is 0 Å². The third-order valence-corrected chi connectivity index (χ3v) is 2.70. The van der Waals surface area contributed by atoms with Gasteiger partial charge in [-0.05, 0) is 18.6 Å². The van der Waals surface area contributed by atoms with Gasteiger partial charge < -0.3 is 19.5 Å². The number of benzene rings is 1. The summed E-state index contributed by atoms with van der Waals surface area (Å²) >= 11 is 0. The van der Waals surface area contributed by atoms with E-state index < -0.39 is 6.29 Å². The zero-order valence-electron chi connectivity index (χ0n) is 8.91. The smallest absolute Gasteiger partial charge is 0.395 e. The Morgan fingerprint density at radius 1 is 1.24 bits per heavy atom. The van der Waals surface area contributed by atoms with Crippen molar-refractivity contribution in [2.45, 2.75) is 18.8 Å². The van der Waals surface area contributed by atoms with Crippen molar-refractivity contribution < 1.29 is 23.0 Å². The second-order valence-corrected chi connectivity index (χ2v) is 4.03. The molecule has 2 heterocycles. The Hall–Kier alpha value is -1.56. The van der Waals surface area contributed by atoms with Gasteiger partial charge in [-0.2, -0.15) is 0 Å². The number of ether oxygens (including phenoxy) is 3. The van der Waals surface area contributed by atoms with Crippen molar-refractivity contribution in [2.24, 2.45) is 0 Å². The number of anilines is 1. The summed E-state index contributed by atoms with van der Waals surface area (Å²) in [7, 11) is 0. The highest BCUT2D eigenvalue weighted by Gasteiger charge is 2.43. The average Bonchev–Trinajstić information content (AvgIpc) is 2.83. The molecule has 1 N–H and O–H groups in total. The Balaban J connectivity index is 1.76. The van der Waals surface area contributed by atoms with E-state index in [1.807, 2.05) is 0 Å². The molecule has 1 aromatic carbocycles. The standard InChI is InChI=1S/C11H11F2NO3/c12-11(13)16-9-2-1-7(5-10(9)17-11)14-8-3-4-15-6-8/h1-2,5,8,14H,3-4,6H2. The van der Waals surface area contributed by atoms with E-state index in [1.165, 1.54) is 12.1 Å². The maximum atomic E-state index is 12.8. The lowest BCUT2D eigenvalue weighted by atomic mass is 10.2. The minimum Gasteiger partial charge on any atom is -0.395 e. The fourth-order valence-electron chi connectivity index (χ4n) is 1.92. The molecule has 0 spiro atoms. The monoisotopic (exact) mass is 243 g/mol. The maximum absolute atomic E-state index is 12.8. The van der Waals surface area contributed by atoms with Crippen LogP contribution in [-0.4, -0.2) is 25.6 Å². The first-order valence-corrected chi connectivity index (χ1v) is 5.37. The van der Waals surface area contributed by atoms with E-state index in [4.69, 9.17) is 4.74 Å². The highest BCUT2D eigenvalue weighted by molar-refractivity contribution is 5.56. The summed E-state index contributed by atoms with van der Waals surface area (Å²) in [5.41, 5.74) is 0.723. The minimum atomic E-state index is -3.56. The second kappa shape index (κ2) is 3.73. The van der Waals surface area contributed by atoms with Crippen LogP contribution in [0.5, 0.6) is 11.5 Å². The number of nitrogens with one attached hydrogen (secondary N) is 1. The van der Waals surface area contributed by atoms with Crippen LogP contribution in [0, 0.1) is 0 Å². The van der Waals surface area contributed by atoms with Crippen molar-refractivity contribution in [3.05, 3.63) is 18.2 Å². The van der Waals surface area contributed by atoms with Crippen LogP contribution in [0.3, 0.4) is 0 Å². The molecule has 3 rings (SSSR count). The first-order chi connectivity index (χ1) is 8.12. The van der Waals surface area contributed by atoms with Crippen molar-refractivity contribution >= 4 is 5.69 Å². The zero-order valence-corrected chi connectivity index (χ0v) is 8.91. The molecule has 1 unspecified atom stereocenters. The molecule has 1 atom stereocenters. The molecule has 0 saturated carbocycles. The van der Waals surface area contributed by atoms with E-state index in [-0.39, 0.29) is 17.5 Å². The summed E-state index contributed by atoms with van der Waals surface area (Å²) in [6, 6.07) is 4.88. The van der Waals surface area contributed by atoms with Crippen molar-refractivity contribution in [3.63, 3.8) is 0 Å². The van der Waals surface area contributed by atoms with E-state index in [9.17, 15) is 8.78 Å². The van der Waals surface area contributed by atoms with Gasteiger partial charge in [0.05, 0.1) is 12.6 Å². The van der Waals surface area contributed by atoms with Gasteiger partial charge in [0.15, 0.2) is 11.5 Å². The lowest BCUT2D eigenvalue weighted by molar-refractivity contribution is -0.286. The predicted molar refractivity (Wildman–Crippen MR) is 55.5 cm³/mol. The summed E-state index contributed by atoms with van der Waals surface area (Å²) in [5, 5.41) is 3.19. The number of rotatable bonds is 2. The molecule has 1 saturated heterocycles. The molecule has 92 valence electrons. The molecular weight excluding hydrogens is 232 g/mol. The van der Waals surface area contributed by atoms with Crippen LogP contribution in [0.25, 0.3) is 0 Å². The van der Waals surface area contributed by atoms with Crippen LogP contribution in [0.4, 0.5) is 14.5 Å². The van der Waals surface area contributed by atoms with Gasteiger partial charge in [-0.3, -0.25) is 0 Å².